The van der Waals surface area contributed by atoms with Crippen molar-refractivity contribution in [2.75, 3.05) is 13.2 Å². The minimum Gasteiger partial charge on any atom is -0.387 e. The first kappa shape index (κ1) is 10.7. The van der Waals surface area contributed by atoms with Crippen molar-refractivity contribution in [1.82, 2.24) is 9.78 Å². The number of hydrogen-bond donors (Lipinski definition) is 1. The van der Waals surface area contributed by atoms with Crippen molar-refractivity contribution < 1.29 is 9.84 Å². The Labute approximate surface area is 99.8 Å². The first-order chi connectivity index (χ1) is 8.18. The monoisotopic (exact) mass is 232 g/mol. The molecule has 1 fully saturated rings. The van der Waals surface area contributed by atoms with Crippen LogP contribution in [0.4, 0.5) is 0 Å². The SMILES string of the molecule is Cn1nc(CC2(O)CCOC2)c2ccccc21. The molecule has 1 aliphatic rings. The lowest BCUT2D eigenvalue weighted by molar-refractivity contribution is 0.0264. The highest BCUT2D eigenvalue weighted by molar-refractivity contribution is 5.81. The van der Waals surface area contributed by atoms with Crippen molar-refractivity contribution in [1.29, 1.82) is 0 Å². The molecule has 1 unspecified atom stereocenters. The number of hydrogen-bond acceptors (Lipinski definition) is 3. The summed E-state index contributed by atoms with van der Waals surface area (Å²) in [5, 5.41) is 16.0. The highest BCUT2D eigenvalue weighted by Crippen LogP contribution is 2.26. The third kappa shape index (κ3) is 1.83. The maximum absolute atomic E-state index is 10.3. The van der Waals surface area contributed by atoms with Gasteiger partial charge in [0.1, 0.15) is 0 Å². The molecule has 1 saturated heterocycles. The number of aliphatic hydroxyl groups is 1. The van der Waals surface area contributed by atoms with E-state index in [1.807, 2.05) is 29.9 Å². The van der Waals surface area contributed by atoms with Gasteiger partial charge in [0, 0.05) is 31.9 Å². The van der Waals surface area contributed by atoms with Crippen LogP contribution in [0.1, 0.15) is 12.1 Å². The van der Waals surface area contributed by atoms with Crippen LogP contribution in [-0.2, 0) is 18.2 Å². The molecule has 2 aromatic rings. The molecule has 90 valence electrons. The highest BCUT2D eigenvalue weighted by Gasteiger charge is 2.33. The summed E-state index contributed by atoms with van der Waals surface area (Å²) in [5.74, 6) is 0. The standard InChI is InChI=1S/C13H16N2O2/c1-15-12-5-3-2-4-10(12)11(14-15)8-13(16)6-7-17-9-13/h2-5,16H,6-9H2,1H3. The molecule has 3 rings (SSSR count). The van der Waals surface area contributed by atoms with E-state index in [0.29, 0.717) is 26.1 Å². The number of para-hydroxylation sites is 1. The van der Waals surface area contributed by atoms with Crippen LogP contribution in [0.2, 0.25) is 0 Å². The Hall–Kier alpha value is -1.39. The molecule has 1 atom stereocenters. The summed E-state index contributed by atoms with van der Waals surface area (Å²) >= 11 is 0. The van der Waals surface area contributed by atoms with Gasteiger partial charge in [0.15, 0.2) is 0 Å². The molecule has 1 aromatic carbocycles. The van der Waals surface area contributed by atoms with Gasteiger partial charge in [0.05, 0.1) is 23.4 Å². The molecular weight excluding hydrogens is 216 g/mol. The van der Waals surface area contributed by atoms with Gasteiger partial charge in [-0.2, -0.15) is 5.10 Å². The van der Waals surface area contributed by atoms with Gasteiger partial charge in [-0.3, -0.25) is 4.68 Å². The van der Waals surface area contributed by atoms with E-state index in [2.05, 4.69) is 11.2 Å². The molecule has 0 spiro atoms. The second kappa shape index (κ2) is 3.82. The number of aryl methyl sites for hydroxylation is 1. The average molecular weight is 232 g/mol. The van der Waals surface area contributed by atoms with Gasteiger partial charge in [-0.1, -0.05) is 18.2 Å². The van der Waals surface area contributed by atoms with Crippen LogP contribution >= 0.6 is 0 Å². The van der Waals surface area contributed by atoms with E-state index >= 15 is 0 Å². The lowest BCUT2D eigenvalue weighted by Crippen LogP contribution is -2.31. The fraction of sp³-hybridized carbons (Fsp3) is 0.462. The van der Waals surface area contributed by atoms with E-state index in [4.69, 9.17) is 4.74 Å². The average Bonchev–Trinajstić information content (AvgIpc) is 2.86. The smallest absolute Gasteiger partial charge is 0.0958 e. The largest absolute Gasteiger partial charge is 0.387 e. The maximum Gasteiger partial charge on any atom is 0.0958 e. The third-order valence-electron chi connectivity index (χ3n) is 3.41. The Kier molecular flexibility index (Phi) is 2.42. The number of rotatable bonds is 2. The fourth-order valence-corrected chi connectivity index (χ4v) is 2.47. The number of aromatic nitrogens is 2. The van der Waals surface area contributed by atoms with Gasteiger partial charge < -0.3 is 9.84 Å². The Bertz CT molecular complexity index is 541. The number of fused-ring (bicyclic) bond motifs is 1. The summed E-state index contributed by atoms with van der Waals surface area (Å²) in [6, 6.07) is 8.10. The Morgan fingerprint density at radius 3 is 3.06 bits per heavy atom. The number of ether oxygens (including phenoxy) is 1. The van der Waals surface area contributed by atoms with Crippen LogP contribution < -0.4 is 0 Å². The van der Waals surface area contributed by atoms with Crippen molar-refractivity contribution in [3.8, 4) is 0 Å². The molecule has 0 saturated carbocycles. The predicted molar refractivity (Wildman–Crippen MR) is 64.8 cm³/mol. The summed E-state index contributed by atoms with van der Waals surface area (Å²) in [7, 11) is 1.93. The molecule has 0 bridgehead atoms. The zero-order valence-electron chi connectivity index (χ0n) is 9.89. The van der Waals surface area contributed by atoms with Crippen LogP contribution in [0.15, 0.2) is 24.3 Å². The van der Waals surface area contributed by atoms with Gasteiger partial charge in [0.25, 0.3) is 0 Å². The normalized spacial score (nSPS) is 24.6. The third-order valence-corrected chi connectivity index (χ3v) is 3.41. The summed E-state index contributed by atoms with van der Waals surface area (Å²) in [6.45, 7) is 1.05. The van der Waals surface area contributed by atoms with Crippen molar-refractivity contribution in [3.63, 3.8) is 0 Å². The van der Waals surface area contributed by atoms with Gasteiger partial charge in [-0.25, -0.2) is 0 Å². The second-order valence-electron chi connectivity index (χ2n) is 4.79. The van der Waals surface area contributed by atoms with Crippen molar-refractivity contribution >= 4 is 10.9 Å². The molecule has 4 nitrogen and oxygen atoms in total. The van der Waals surface area contributed by atoms with E-state index in [0.717, 1.165) is 16.6 Å². The van der Waals surface area contributed by atoms with Crippen LogP contribution in [0.5, 0.6) is 0 Å². The van der Waals surface area contributed by atoms with Crippen LogP contribution in [-0.4, -0.2) is 33.7 Å². The number of nitrogens with zero attached hydrogens (tertiary/aromatic N) is 2. The second-order valence-corrected chi connectivity index (χ2v) is 4.79. The Balaban J connectivity index is 2.00. The van der Waals surface area contributed by atoms with E-state index < -0.39 is 5.60 Å². The first-order valence-corrected chi connectivity index (χ1v) is 5.89. The van der Waals surface area contributed by atoms with Crippen LogP contribution in [0.25, 0.3) is 10.9 Å². The molecule has 1 aromatic heterocycles. The van der Waals surface area contributed by atoms with Crippen LogP contribution in [0.3, 0.4) is 0 Å². The van der Waals surface area contributed by atoms with E-state index in [1.165, 1.54) is 0 Å². The summed E-state index contributed by atoms with van der Waals surface area (Å²) in [6.07, 6.45) is 1.26. The predicted octanol–water partition coefficient (Wildman–Crippen LogP) is 1.27. The lowest BCUT2D eigenvalue weighted by atomic mass is 9.95. The van der Waals surface area contributed by atoms with Crippen molar-refractivity contribution in [3.05, 3.63) is 30.0 Å². The van der Waals surface area contributed by atoms with Crippen molar-refractivity contribution in [2.24, 2.45) is 7.05 Å². The summed E-state index contributed by atoms with van der Waals surface area (Å²) in [4.78, 5) is 0. The maximum atomic E-state index is 10.3. The molecule has 2 heterocycles. The van der Waals surface area contributed by atoms with Crippen molar-refractivity contribution in [2.45, 2.75) is 18.4 Å². The van der Waals surface area contributed by atoms with E-state index in [1.54, 1.807) is 0 Å². The summed E-state index contributed by atoms with van der Waals surface area (Å²) < 4.78 is 7.13. The minimum absolute atomic E-state index is 0.415. The highest BCUT2D eigenvalue weighted by atomic mass is 16.5. The quantitative estimate of drug-likeness (QED) is 0.848. The molecule has 17 heavy (non-hydrogen) atoms. The fourth-order valence-electron chi connectivity index (χ4n) is 2.47. The molecule has 0 aliphatic carbocycles. The van der Waals surface area contributed by atoms with E-state index in [-0.39, 0.29) is 0 Å². The Morgan fingerprint density at radius 1 is 1.47 bits per heavy atom. The van der Waals surface area contributed by atoms with E-state index in [9.17, 15) is 5.11 Å². The number of benzene rings is 1. The molecule has 0 amide bonds. The first-order valence-electron chi connectivity index (χ1n) is 5.89. The van der Waals surface area contributed by atoms with Gasteiger partial charge in [0.2, 0.25) is 0 Å². The van der Waals surface area contributed by atoms with Gasteiger partial charge >= 0.3 is 0 Å². The molecular formula is C13H16N2O2. The molecule has 0 radical (unpaired) electrons. The zero-order valence-corrected chi connectivity index (χ0v) is 9.89. The summed E-state index contributed by atoms with van der Waals surface area (Å²) in [5.41, 5.74) is 1.32. The lowest BCUT2D eigenvalue weighted by Gasteiger charge is -2.18. The molecule has 1 N–H and O–H groups in total. The Morgan fingerprint density at radius 2 is 2.29 bits per heavy atom. The minimum atomic E-state index is -0.739. The van der Waals surface area contributed by atoms with Crippen LogP contribution in [0, 0.1) is 0 Å². The topological polar surface area (TPSA) is 47.3 Å². The zero-order chi connectivity index (χ0) is 11.9. The molecule has 4 heteroatoms. The van der Waals surface area contributed by atoms with Gasteiger partial charge in [-0.05, 0) is 6.07 Å². The van der Waals surface area contributed by atoms with Gasteiger partial charge in [-0.15, -0.1) is 0 Å². The molecule has 1 aliphatic heterocycles.